The molecule has 0 unspecified atom stereocenters. The Bertz CT molecular complexity index is 441. The highest BCUT2D eigenvalue weighted by Gasteiger charge is 2.15. The summed E-state index contributed by atoms with van der Waals surface area (Å²) in [5.41, 5.74) is 1.02. The number of aromatic nitrogens is 2. The van der Waals surface area contributed by atoms with E-state index in [2.05, 4.69) is 29.1 Å². The van der Waals surface area contributed by atoms with E-state index >= 15 is 0 Å². The lowest BCUT2D eigenvalue weighted by Gasteiger charge is -2.26. The van der Waals surface area contributed by atoms with Gasteiger partial charge in [0.05, 0.1) is 0 Å². The van der Waals surface area contributed by atoms with Crippen LogP contribution < -0.4 is 5.32 Å². The van der Waals surface area contributed by atoms with Gasteiger partial charge in [-0.05, 0) is 25.2 Å². The molecule has 1 fully saturated rings. The van der Waals surface area contributed by atoms with Crippen molar-refractivity contribution in [3.05, 3.63) is 18.1 Å². The zero-order valence-electron chi connectivity index (χ0n) is 12.4. The highest BCUT2D eigenvalue weighted by Crippen LogP contribution is 2.14. The average molecular weight is 276 g/mol. The molecule has 110 valence electrons. The van der Waals surface area contributed by atoms with Gasteiger partial charge in [0, 0.05) is 37.8 Å². The van der Waals surface area contributed by atoms with E-state index in [9.17, 15) is 4.79 Å². The number of nitrogens with zero attached hydrogens (tertiary/aromatic N) is 3. The van der Waals surface area contributed by atoms with Crippen LogP contribution in [0.2, 0.25) is 0 Å². The molecule has 1 aromatic rings. The minimum atomic E-state index is 0.246. The largest absolute Gasteiger partial charge is 0.369 e. The number of likely N-dealkylation sites (tertiary alicyclic amines) is 1. The second kappa shape index (κ2) is 7.22. The number of hydrogen-bond donors (Lipinski definition) is 1. The zero-order chi connectivity index (χ0) is 14.4. The van der Waals surface area contributed by atoms with Gasteiger partial charge >= 0.3 is 0 Å². The minimum Gasteiger partial charge on any atom is -0.369 e. The first-order valence-electron chi connectivity index (χ1n) is 7.50. The lowest BCUT2D eigenvalue weighted by molar-refractivity contribution is -0.131. The molecule has 1 saturated heterocycles. The van der Waals surface area contributed by atoms with Crippen LogP contribution in [0.15, 0.2) is 12.4 Å². The number of amides is 1. The summed E-state index contributed by atoms with van der Waals surface area (Å²) in [6, 6.07) is 1.95. The van der Waals surface area contributed by atoms with Crippen LogP contribution in [-0.4, -0.2) is 40.4 Å². The van der Waals surface area contributed by atoms with Gasteiger partial charge in [-0.25, -0.2) is 9.97 Å². The molecule has 5 nitrogen and oxygen atoms in total. The molecule has 20 heavy (non-hydrogen) atoms. The van der Waals surface area contributed by atoms with Gasteiger partial charge in [0.15, 0.2) is 0 Å². The Morgan fingerprint density at radius 2 is 2.05 bits per heavy atom. The summed E-state index contributed by atoms with van der Waals surface area (Å²) in [6.45, 7) is 6.68. The lowest BCUT2D eigenvalue weighted by atomic mass is 10.1. The fourth-order valence-electron chi connectivity index (χ4n) is 2.38. The van der Waals surface area contributed by atoms with Gasteiger partial charge in [-0.2, -0.15) is 0 Å². The van der Waals surface area contributed by atoms with Gasteiger partial charge in [0.25, 0.3) is 0 Å². The maximum atomic E-state index is 12.0. The molecule has 1 aliphatic heterocycles. The first-order valence-corrected chi connectivity index (χ1v) is 7.50. The third-order valence-corrected chi connectivity index (χ3v) is 3.63. The third-order valence-electron chi connectivity index (χ3n) is 3.63. The molecule has 0 aromatic carbocycles. The Hall–Kier alpha value is -1.65. The second-order valence-corrected chi connectivity index (χ2v) is 5.60. The molecule has 0 bridgehead atoms. The predicted octanol–water partition coefficient (Wildman–Crippen LogP) is 2.41. The van der Waals surface area contributed by atoms with Gasteiger partial charge in [-0.15, -0.1) is 0 Å². The molecule has 0 atom stereocenters. The smallest absolute Gasteiger partial charge is 0.224 e. The van der Waals surface area contributed by atoms with Gasteiger partial charge in [0.2, 0.25) is 5.91 Å². The van der Waals surface area contributed by atoms with Crippen molar-refractivity contribution in [2.75, 3.05) is 25.0 Å². The Labute approximate surface area is 120 Å². The van der Waals surface area contributed by atoms with Crippen molar-refractivity contribution in [1.82, 2.24) is 14.9 Å². The van der Waals surface area contributed by atoms with E-state index in [4.69, 9.17) is 0 Å². The first-order chi connectivity index (χ1) is 9.66. The highest BCUT2D eigenvalue weighted by atomic mass is 16.2. The maximum Gasteiger partial charge on any atom is 0.224 e. The van der Waals surface area contributed by atoms with Gasteiger partial charge in [0.1, 0.15) is 12.1 Å². The number of rotatable bonds is 5. The molecule has 0 spiro atoms. The van der Waals surface area contributed by atoms with E-state index in [-0.39, 0.29) is 5.91 Å². The van der Waals surface area contributed by atoms with Crippen molar-refractivity contribution in [2.45, 2.75) is 45.4 Å². The number of anilines is 1. The van der Waals surface area contributed by atoms with Crippen LogP contribution in [0.4, 0.5) is 5.82 Å². The summed E-state index contributed by atoms with van der Waals surface area (Å²) in [7, 11) is 0. The number of hydrogen-bond acceptors (Lipinski definition) is 4. The van der Waals surface area contributed by atoms with Crippen LogP contribution in [0.3, 0.4) is 0 Å². The van der Waals surface area contributed by atoms with Crippen LogP contribution in [-0.2, 0) is 4.79 Å². The van der Waals surface area contributed by atoms with E-state index in [0.717, 1.165) is 37.4 Å². The molecule has 2 heterocycles. The number of carbonyl (C=O) groups excluding carboxylic acids is 1. The highest BCUT2D eigenvalue weighted by molar-refractivity contribution is 5.76. The van der Waals surface area contributed by atoms with Crippen molar-refractivity contribution in [1.29, 1.82) is 0 Å². The van der Waals surface area contributed by atoms with Crippen molar-refractivity contribution in [3.8, 4) is 0 Å². The van der Waals surface area contributed by atoms with E-state index in [1.807, 2.05) is 11.0 Å². The SMILES string of the molecule is CC(C)c1cc(NCCC(=O)N2CCCCC2)ncn1. The quantitative estimate of drug-likeness (QED) is 0.897. The number of carbonyl (C=O) groups is 1. The van der Waals surface area contributed by atoms with Gasteiger partial charge in [-0.1, -0.05) is 13.8 Å². The summed E-state index contributed by atoms with van der Waals surface area (Å²) in [5, 5.41) is 3.21. The van der Waals surface area contributed by atoms with Crippen molar-refractivity contribution in [3.63, 3.8) is 0 Å². The predicted molar refractivity (Wildman–Crippen MR) is 79.7 cm³/mol. The summed E-state index contributed by atoms with van der Waals surface area (Å²) in [4.78, 5) is 22.4. The Morgan fingerprint density at radius 3 is 2.75 bits per heavy atom. The van der Waals surface area contributed by atoms with Crippen LogP contribution in [0.5, 0.6) is 0 Å². The van der Waals surface area contributed by atoms with Crippen molar-refractivity contribution < 1.29 is 4.79 Å². The van der Waals surface area contributed by atoms with E-state index in [0.29, 0.717) is 18.9 Å². The molecule has 1 N–H and O–H groups in total. The molecular weight excluding hydrogens is 252 g/mol. The summed E-state index contributed by atoms with van der Waals surface area (Å²) in [5.74, 6) is 1.43. The van der Waals surface area contributed by atoms with Gasteiger partial charge in [-0.3, -0.25) is 4.79 Å². The van der Waals surface area contributed by atoms with Crippen LogP contribution in [0, 0.1) is 0 Å². The third kappa shape index (κ3) is 4.18. The second-order valence-electron chi connectivity index (χ2n) is 5.60. The number of nitrogens with one attached hydrogen (secondary N) is 1. The molecule has 5 heteroatoms. The number of piperidine rings is 1. The summed E-state index contributed by atoms with van der Waals surface area (Å²) >= 11 is 0. The summed E-state index contributed by atoms with van der Waals surface area (Å²) in [6.07, 6.45) is 5.64. The molecule has 1 amide bonds. The fourth-order valence-corrected chi connectivity index (χ4v) is 2.38. The first kappa shape index (κ1) is 14.8. The lowest BCUT2D eigenvalue weighted by Crippen LogP contribution is -2.36. The van der Waals surface area contributed by atoms with Crippen molar-refractivity contribution >= 4 is 11.7 Å². The van der Waals surface area contributed by atoms with Crippen molar-refractivity contribution in [2.24, 2.45) is 0 Å². The molecule has 2 rings (SSSR count). The average Bonchev–Trinajstić information content (AvgIpc) is 2.48. The Kier molecular flexibility index (Phi) is 5.32. The van der Waals surface area contributed by atoms with Crippen LogP contribution >= 0.6 is 0 Å². The maximum absolute atomic E-state index is 12.0. The Balaban J connectivity index is 1.77. The van der Waals surface area contributed by atoms with E-state index in [1.165, 1.54) is 6.42 Å². The van der Waals surface area contributed by atoms with Crippen LogP contribution in [0.1, 0.15) is 51.1 Å². The fraction of sp³-hybridized carbons (Fsp3) is 0.667. The topological polar surface area (TPSA) is 58.1 Å². The zero-order valence-corrected chi connectivity index (χ0v) is 12.4. The Morgan fingerprint density at radius 1 is 1.30 bits per heavy atom. The van der Waals surface area contributed by atoms with Crippen LogP contribution in [0.25, 0.3) is 0 Å². The minimum absolute atomic E-state index is 0.246. The monoisotopic (exact) mass is 276 g/mol. The molecule has 1 aliphatic rings. The molecule has 1 aromatic heterocycles. The molecule has 0 radical (unpaired) electrons. The molecule has 0 saturated carbocycles. The summed E-state index contributed by atoms with van der Waals surface area (Å²) < 4.78 is 0. The van der Waals surface area contributed by atoms with E-state index < -0.39 is 0 Å². The van der Waals surface area contributed by atoms with Gasteiger partial charge < -0.3 is 10.2 Å². The standard InChI is InChI=1S/C15H24N4O/c1-12(2)13-10-14(18-11-17-13)16-7-6-15(20)19-8-4-3-5-9-19/h10-12H,3-9H2,1-2H3,(H,16,17,18). The molecular formula is C15H24N4O. The normalized spacial score (nSPS) is 15.4. The molecule has 0 aliphatic carbocycles. The van der Waals surface area contributed by atoms with E-state index in [1.54, 1.807) is 6.33 Å².